The average molecular weight is 653 g/mol. The van der Waals surface area contributed by atoms with Crippen LogP contribution in [0.25, 0.3) is 0 Å². The molecule has 0 amide bonds. The Labute approximate surface area is 263 Å². The number of aryl methyl sites for hydroxylation is 1. The van der Waals surface area contributed by atoms with Crippen LogP contribution in [0, 0.1) is 37.1 Å². The van der Waals surface area contributed by atoms with E-state index in [-0.39, 0.29) is 58.2 Å². The van der Waals surface area contributed by atoms with Gasteiger partial charge < -0.3 is 14.2 Å². The van der Waals surface area contributed by atoms with E-state index in [1.54, 1.807) is 24.6 Å². The Kier molecular flexibility index (Phi) is 13.6. The van der Waals surface area contributed by atoms with Crippen molar-refractivity contribution in [1.29, 1.82) is 0 Å². The average Bonchev–Trinajstić information content (AvgIpc) is 3.51. The van der Waals surface area contributed by atoms with Crippen LogP contribution in [0.4, 0.5) is 17.6 Å². The molecule has 0 aliphatic heterocycles. The van der Waals surface area contributed by atoms with Crippen molar-refractivity contribution in [1.82, 2.24) is 19.6 Å². The number of aromatic nitrogens is 4. The Balaban J connectivity index is 0.000000277. The molecular formula is C32H40F4N4O6. The number of nitrogens with zero attached hydrogens (tertiary/aromatic N) is 2. The minimum Gasteiger partial charge on any atom is -0.494 e. The molecule has 2 aromatic heterocycles. The summed E-state index contributed by atoms with van der Waals surface area (Å²) in [6.45, 7) is 13.5. The van der Waals surface area contributed by atoms with Crippen LogP contribution in [0.15, 0.2) is 39.9 Å². The minimum atomic E-state index is -1.18. The Morgan fingerprint density at radius 2 is 1.35 bits per heavy atom. The summed E-state index contributed by atoms with van der Waals surface area (Å²) in [6, 6.07) is 7.01. The largest absolute Gasteiger partial charge is 0.494 e. The molecule has 1 atom stereocenters. The number of nitrogens with one attached hydrogen (secondary N) is 2. The lowest BCUT2D eigenvalue weighted by Gasteiger charge is -2.19. The fourth-order valence-electron chi connectivity index (χ4n) is 4.60. The number of hydrogen-bond donors (Lipinski definition) is 2. The van der Waals surface area contributed by atoms with E-state index >= 15 is 0 Å². The smallest absolute Gasteiger partial charge is 0.270 e. The molecule has 0 radical (unpaired) electrons. The van der Waals surface area contributed by atoms with E-state index in [9.17, 15) is 31.9 Å². The van der Waals surface area contributed by atoms with Crippen LogP contribution in [0.5, 0.6) is 11.5 Å². The monoisotopic (exact) mass is 652 g/mol. The fourth-order valence-corrected chi connectivity index (χ4v) is 4.60. The van der Waals surface area contributed by atoms with Crippen LogP contribution in [0.1, 0.15) is 85.7 Å². The van der Waals surface area contributed by atoms with E-state index < -0.39 is 29.4 Å². The van der Waals surface area contributed by atoms with Gasteiger partial charge in [0, 0.05) is 41.7 Å². The number of methoxy groups -OCH3 is 2. The highest BCUT2D eigenvalue weighted by atomic mass is 19.2. The van der Waals surface area contributed by atoms with Gasteiger partial charge in [-0.3, -0.25) is 33.9 Å². The van der Waals surface area contributed by atoms with Crippen molar-refractivity contribution in [2.75, 3.05) is 20.8 Å². The molecule has 1 unspecified atom stereocenters. The topological polar surface area (TPSA) is 120 Å². The van der Waals surface area contributed by atoms with Gasteiger partial charge in [0.2, 0.25) is 11.6 Å². The maximum atomic E-state index is 14.5. The molecule has 252 valence electrons. The molecule has 0 saturated carbocycles. The van der Waals surface area contributed by atoms with E-state index in [0.717, 1.165) is 11.8 Å². The summed E-state index contributed by atoms with van der Waals surface area (Å²) in [5, 5.41) is 5.42. The van der Waals surface area contributed by atoms with Crippen molar-refractivity contribution in [2.45, 2.75) is 66.7 Å². The molecule has 2 aromatic carbocycles. The lowest BCUT2D eigenvalue weighted by atomic mass is 10.0. The maximum Gasteiger partial charge on any atom is 0.270 e. The quantitative estimate of drug-likeness (QED) is 0.161. The van der Waals surface area contributed by atoms with Crippen molar-refractivity contribution in [3.05, 3.63) is 102 Å². The number of carbonyl (C=O) groups excluding carboxylic acids is 1. The van der Waals surface area contributed by atoms with Crippen LogP contribution in [0.3, 0.4) is 0 Å². The third kappa shape index (κ3) is 8.56. The third-order valence-electron chi connectivity index (χ3n) is 6.80. The van der Waals surface area contributed by atoms with Gasteiger partial charge in [0.15, 0.2) is 29.4 Å². The Hall–Kier alpha value is -4.59. The van der Waals surface area contributed by atoms with Crippen molar-refractivity contribution >= 4 is 6.29 Å². The van der Waals surface area contributed by atoms with Crippen LogP contribution < -0.4 is 20.6 Å². The van der Waals surface area contributed by atoms with Crippen molar-refractivity contribution < 1.29 is 36.6 Å². The van der Waals surface area contributed by atoms with Crippen LogP contribution in [-0.4, -0.2) is 46.7 Å². The number of aromatic amines is 2. The van der Waals surface area contributed by atoms with E-state index in [4.69, 9.17) is 9.47 Å². The van der Waals surface area contributed by atoms with E-state index in [1.165, 1.54) is 32.4 Å². The van der Waals surface area contributed by atoms with Gasteiger partial charge in [-0.25, -0.2) is 8.78 Å². The predicted molar refractivity (Wildman–Crippen MR) is 165 cm³/mol. The van der Waals surface area contributed by atoms with Gasteiger partial charge in [0.1, 0.15) is 6.10 Å². The van der Waals surface area contributed by atoms with Crippen molar-refractivity contribution in [3.63, 3.8) is 0 Å². The standard InChI is InChI=1S/C17H22F2N2O3.C8H6F2O2.C7H12N2O/c1-6-24-16(11-7-8-12(23-5)15(19)14(11)18)13-10(4)21(9(2)3)20-17(13)22;1-12-6-3-2-5(4-11)7(9)8(6)10;1-5(2)9-6(3)4-7(10)8-9/h7-9,16H,6H2,1-5H3,(H,20,22);2-4H,1H3;4-5H,1-3H3,(H,8,10). The Morgan fingerprint density at radius 1 is 0.804 bits per heavy atom. The molecule has 4 aromatic rings. The summed E-state index contributed by atoms with van der Waals surface area (Å²) in [5.74, 6) is -4.90. The number of aldehydes is 1. The van der Waals surface area contributed by atoms with Crippen LogP contribution in [-0.2, 0) is 4.74 Å². The van der Waals surface area contributed by atoms with Gasteiger partial charge in [-0.1, -0.05) is 0 Å². The highest BCUT2D eigenvalue weighted by molar-refractivity contribution is 5.75. The molecule has 2 heterocycles. The minimum absolute atomic E-state index is 0.0196. The lowest BCUT2D eigenvalue weighted by Crippen LogP contribution is -2.17. The van der Waals surface area contributed by atoms with E-state index in [1.807, 2.05) is 39.3 Å². The predicted octanol–water partition coefficient (Wildman–Crippen LogP) is 6.33. The lowest BCUT2D eigenvalue weighted by molar-refractivity contribution is 0.0868. The summed E-state index contributed by atoms with van der Waals surface area (Å²) < 4.78 is 72.5. The van der Waals surface area contributed by atoms with Gasteiger partial charge in [-0.15, -0.1) is 0 Å². The molecular weight excluding hydrogens is 612 g/mol. The second-order valence-electron chi connectivity index (χ2n) is 10.6. The molecule has 0 saturated heterocycles. The molecule has 10 nitrogen and oxygen atoms in total. The Morgan fingerprint density at radius 3 is 1.76 bits per heavy atom. The van der Waals surface area contributed by atoms with E-state index in [0.29, 0.717) is 11.7 Å². The summed E-state index contributed by atoms with van der Waals surface area (Å²) in [6.07, 6.45) is -0.753. The van der Waals surface area contributed by atoms with Gasteiger partial charge in [0.25, 0.3) is 11.1 Å². The first-order valence-corrected chi connectivity index (χ1v) is 14.3. The number of carbonyl (C=O) groups is 1. The zero-order chi connectivity index (χ0) is 34.9. The molecule has 46 heavy (non-hydrogen) atoms. The number of rotatable bonds is 9. The molecule has 4 rings (SSSR count). The molecule has 14 heteroatoms. The number of ether oxygens (including phenoxy) is 3. The summed E-state index contributed by atoms with van der Waals surface area (Å²) in [5.41, 5.74) is 1.14. The molecule has 2 N–H and O–H groups in total. The van der Waals surface area contributed by atoms with Gasteiger partial charge >= 0.3 is 0 Å². The maximum absolute atomic E-state index is 14.5. The SMILES string of the molecule is CCOC(c1ccc(OC)c(F)c1F)c1c(C)n(C(C)C)[nH]c1=O.COc1ccc(C=O)c(F)c1F.Cc1cc(=O)[nH]n1C(C)C. The highest BCUT2D eigenvalue weighted by Gasteiger charge is 2.28. The third-order valence-corrected chi connectivity index (χ3v) is 6.80. The molecule has 0 aliphatic rings. The highest BCUT2D eigenvalue weighted by Crippen LogP contribution is 2.33. The van der Waals surface area contributed by atoms with Crippen molar-refractivity contribution in [2.24, 2.45) is 0 Å². The number of halogens is 4. The Bertz CT molecular complexity index is 1740. The first kappa shape index (κ1) is 37.6. The molecule has 0 spiro atoms. The summed E-state index contributed by atoms with van der Waals surface area (Å²) in [7, 11) is 2.48. The fraction of sp³-hybridized carbons (Fsp3) is 0.406. The van der Waals surface area contributed by atoms with Gasteiger partial charge in [-0.2, -0.15) is 8.78 Å². The number of benzene rings is 2. The van der Waals surface area contributed by atoms with Gasteiger partial charge in [0.05, 0.1) is 25.3 Å². The summed E-state index contributed by atoms with van der Waals surface area (Å²) >= 11 is 0. The number of hydrogen-bond acceptors (Lipinski definition) is 6. The van der Waals surface area contributed by atoms with Crippen LogP contribution >= 0.6 is 0 Å². The molecule has 0 bridgehead atoms. The second kappa shape index (κ2) is 16.6. The normalized spacial score (nSPS) is 11.5. The second-order valence-corrected chi connectivity index (χ2v) is 10.6. The summed E-state index contributed by atoms with van der Waals surface area (Å²) in [4.78, 5) is 33.2. The molecule has 0 fully saturated rings. The zero-order valence-electron chi connectivity index (χ0n) is 27.3. The molecule has 0 aliphatic carbocycles. The van der Waals surface area contributed by atoms with Gasteiger partial charge in [-0.05, 0) is 72.7 Å². The number of H-pyrrole nitrogens is 2. The van der Waals surface area contributed by atoms with Crippen LogP contribution in [0.2, 0.25) is 0 Å². The first-order valence-electron chi connectivity index (χ1n) is 14.3. The first-order chi connectivity index (χ1) is 21.6. The van der Waals surface area contributed by atoms with Crippen molar-refractivity contribution in [3.8, 4) is 11.5 Å². The van der Waals surface area contributed by atoms with E-state index in [2.05, 4.69) is 14.9 Å². The zero-order valence-corrected chi connectivity index (χ0v) is 27.3.